The number of carboxylic acid groups (broad SMARTS) is 2. The monoisotopic (exact) mass is 469 g/mol. The molecule has 1 atom stereocenters. The fraction of sp³-hybridized carbons (Fsp3) is 0.200. The summed E-state index contributed by atoms with van der Waals surface area (Å²) in [5, 5.41) is 19.4. The van der Waals surface area contributed by atoms with Gasteiger partial charge in [0.05, 0.1) is 5.02 Å². The molecule has 0 radical (unpaired) electrons. The summed E-state index contributed by atoms with van der Waals surface area (Å²) < 4.78 is 7.07. The number of carboxylic acids is 2. The van der Waals surface area contributed by atoms with E-state index in [0.717, 1.165) is 23.0 Å². The molecular formula is C20H21BrClNO5. The number of hydrogen-bond acceptors (Lipinski definition) is 4. The van der Waals surface area contributed by atoms with Crippen molar-refractivity contribution in [3.05, 3.63) is 75.7 Å². The standard InChI is InChI=1S/C16H17BrClNO.C4H4O4/c1-19-10-9-15(12-5-3-2-4-6-12)20-16-11-13(17)7-8-14(16)18;5-3(6)1-2-4(7)8/h2-8,11,15,19H,9-10H2,1H3;1-2H,(H,5,6)(H,7,8)/b;2-1+/t15-;/m1./s1. The van der Waals surface area contributed by atoms with Crippen LogP contribution < -0.4 is 10.1 Å². The second-order valence-electron chi connectivity index (χ2n) is 5.49. The Morgan fingerprint density at radius 2 is 1.75 bits per heavy atom. The molecule has 0 unspecified atom stereocenters. The first kappa shape index (κ1) is 23.7. The van der Waals surface area contributed by atoms with Crippen LogP contribution in [0.15, 0.2) is 65.2 Å². The van der Waals surface area contributed by atoms with Crippen LogP contribution in [0.3, 0.4) is 0 Å². The van der Waals surface area contributed by atoms with Crippen LogP contribution in [0, 0.1) is 0 Å². The van der Waals surface area contributed by atoms with Crippen LogP contribution in [0.1, 0.15) is 18.1 Å². The van der Waals surface area contributed by atoms with Gasteiger partial charge in [-0.3, -0.25) is 0 Å². The van der Waals surface area contributed by atoms with Gasteiger partial charge in [-0.2, -0.15) is 0 Å². The van der Waals surface area contributed by atoms with Crippen molar-refractivity contribution in [1.29, 1.82) is 0 Å². The molecule has 0 spiro atoms. The largest absolute Gasteiger partial charge is 0.484 e. The van der Waals surface area contributed by atoms with Crippen LogP contribution in [0.25, 0.3) is 0 Å². The molecule has 8 heteroatoms. The Labute approximate surface area is 176 Å². The topological polar surface area (TPSA) is 95.9 Å². The van der Waals surface area contributed by atoms with Crippen LogP contribution >= 0.6 is 27.5 Å². The van der Waals surface area contributed by atoms with Gasteiger partial charge < -0.3 is 20.3 Å². The fourth-order valence-electron chi connectivity index (χ4n) is 2.10. The molecule has 0 saturated heterocycles. The maximum atomic E-state index is 9.55. The molecule has 6 nitrogen and oxygen atoms in total. The summed E-state index contributed by atoms with van der Waals surface area (Å²) in [6.07, 6.45) is 1.98. The maximum absolute atomic E-state index is 9.55. The predicted octanol–water partition coefficient (Wildman–Crippen LogP) is 4.54. The lowest BCUT2D eigenvalue weighted by Crippen LogP contribution is -2.16. The zero-order valence-corrected chi connectivity index (χ0v) is 17.5. The van der Waals surface area contributed by atoms with E-state index < -0.39 is 11.9 Å². The van der Waals surface area contributed by atoms with Gasteiger partial charge in [0.1, 0.15) is 11.9 Å². The molecule has 2 aromatic carbocycles. The highest BCUT2D eigenvalue weighted by molar-refractivity contribution is 9.10. The molecule has 28 heavy (non-hydrogen) atoms. The molecule has 0 aromatic heterocycles. The van der Waals surface area contributed by atoms with Crippen LogP contribution in [-0.4, -0.2) is 35.7 Å². The van der Waals surface area contributed by atoms with Crippen molar-refractivity contribution in [2.24, 2.45) is 0 Å². The molecule has 0 aliphatic heterocycles. The van der Waals surface area contributed by atoms with Crippen molar-refractivity contribution in [1.82, 2.24) is 5.32 Å². The van der Waals surface area contributed by atoms with Gasteiger partial charge in [-0.05, 0) is 37.4 Å². The average Bonchev–Trinajstić information content (AvgIpc) is 2.67. The summed E-state index contributed by atoms with van der Waals surface area (Å²) in [6, 6.07) is 15.8. The van der Waals surface area contributed by atoms with Gasteiger partial charge in [-0.25, -0.2) is 9.59 Å². The van der Waals surface area contributed by atoms with Gasteiger partial charge >= 0.3 is 11.9 Å². The molecule has 2 aromatic rings. The van der Waals surface area contributed by atoms with E-state index in [0.29, 0.717) is 22.9 Å². The predicted molar refractivity (Wildman–Crippen MR) is 112 cm³/mol. The lowest BCUT2D eigenvalue weighted by atomic mass is 10.1. The number of rotatable bonds is 8. The highest BCUT2D eigenvalue weighted by atomic mass is 79.9. The normalized spacial score (nSPS) is 11.4. The first-order chi connectivity index (χ1) is 13.3. The molecule has 0 aliphatic carbocycles. The number of aliphatic carboxylic acids is 2. The Morgan fingerprint density at radius 3 is 2.29 bits per heavy atom. The average molecular weight is 471 g/mol. The molecule has 0 bridgehead atoms. The van der Waals surface area contributed by atoms with Crippen molar-refractivity contribution in [2.75, 3.05) is 13.6 Å². The summed E-state index contributed by atoms with van der Waals surface area (Å²) in [5.74, 6) is -1.81. The second kappa shape index (κ2) is 12.9. The van der Waals surface area contributed by atoms with Gasteiger partial charge in [0.25, 0.3) is 0 Å². The van der Waals surface area contributed by atoms with E-state index in [1.807, 2.05) is 43.4 Å². The summed E-state index contributed by atoms with van der Waals surface area (Å²) in [5.41, 5.74) is 1.15. The molecule has 0 heterocycles. The summed E-state index contributed by atoms with van der Waals surface area (Å²) in [7, 11) is 1.94. The number of ether oxygens (including phenoxy) is 1. The first-order valence-electron chi connectivity index (χ1n) is 8.28. The van der Waals surface area contributed by atoms with E-state index in [1.165, 1.54) is 0 Å². The summed E-state index contributed by atoms with van der Waals surface area (Å²) in [6.45, 7) is 0.880. The first-order valence-corrected chi connectivity index (χ1v) is 9.45. The van der Waals surface area contributed by atoms with E-state index in [2.05, 4.69) is 33.4 Å². The Morgan fingerprint density at radius 1 is 1.14 bits per heavy atom. The molecular weight excluding hydrogens is 450 g/mol. The SMILES string of the molecule is CNCC[C@@H](Oc1cc(Br)ccc1Cl)c1ccccc1.O=C(O)/C=C/C(=O)O. The smallest absolute Gasteiger partial charge is 0.328 e. The third-order valence-corrected chi connectivity index (χ3v) is 4.16. The molecule has 0 aliphatic rings. The second-order valence-corrected chi connectivity index (χ2v) is 6.82. The number of hydrogen-bond donors (Lipinski definition) is 3. The highest BCUT2D eigenvalue weighted by Gasteiger charge is 2.14. The van der Waals surface area contributed by atoms with Crippen LogP contribution in [0.2, 0.25) is 5.02 Å². The van der Waals surface area contributed by atoms with Crippen molar-refractivity contribution in [3.63, 3.8) is 0 Å². The van der Waals surface area contributed by atoms with Crippen molar-refractivity contribution >= 4 is 39.5 Å². The van der Waals surface area contributed by atoms with E-state index in [-0.39, 0.29) is 6.10 Å². The molecule has 2 rings (SSSR count). The van der Waals surface area contributed by atoms with E-state index in [9.17, 15) is 9.59 Å². The molecule has 0 saturated carbocycles. The Hall–Kier alpha value is -2.35. The molecule has 0 fully saturated rings. The Bertz CT molecular complexity index is 782. The van der Waals surface area contributed by atoms with Crippen LogP contribution in [0.4, 0.5) is 0 Å². The minimum absolute atomic E-state index is 0.0181. The zero-order valence-electron chi connectivity index (χ0n) is 15.1. The third kappa shape index (κ3) is 9.55. The lowest BCUT2D eigenvalue weighted by molar-refractivity contribution is -0.134. The fourth-order valence-corrected chi connectivity index (χ4v) is 2.60. The number of carbonyl (C=O) groups is 2. The van der Waals surface area contributed by atoms with Crippen LogP contribution in [-0.2, 0) is 9.59 Å². The van der Waals surface area contributed by atoms with E-state index >= 15 is 0 Å². The quantitative estimate of drug-likeness (QED) is 0.490. The third-order valence-electron chi connectivity index (χ3n) is 3.36. The minimum atomic E-state index is -1.26. The minimum Gasteiger partial charge on any atom is -0.484 e. The maximum Gasteiger partial charge on any atom is 0.328 e. The number of benzene rings is 2. The highest BCUT2D eigenvalue weighted by Crippen LogP contribution is 2.32. The summed E-state index contributed by atoms with van der Waals surface area (Å²) in [4.78, 5) is 19.1. The summed E-state index contributed by atoms with van der Waals surface area (Å²) >= 11 is 9.64. The Balaban J connectivity index is 0.000000416. The number of nitrogens with one attached hydrogen (secondary N) is 1. The Kier molecular flexibility index (Phi) is 10.9. The number of halogens is 2. The zero-order chi connectivity index (χ0) is 20.9. The van der Waals surface area contributed by atoms with Gasteiger partial charge in [-0.15, -0.1) is 0 Å². The van der Waals surface area contributed by atoms with Gasteiger partial charge in [0.2, 0.25) is 0 Å². The molecule has 0 amide bonds. The molecule has 150 valence electrons. The lowest BCUT2D eigenvalue weighted by Gasteiger charge is -2.20. The molecule has 3 N–H and O–H groups in total. The van der Waals surface area contributed by atoms with E-state index in [4.69, 9.17) is 26.6 Å². The van der Waals surface area contributed by atoms with E-state index in [1.54, 1.807) is 0 Å². The van der Waals surface area contributed by atoms with Crippen molar-refractivity contribution in [3.8, 4) is 5.75 Å². The van der Waals surface area contributed by atoms with Crippen molar-refractivity contribution < 1.29 is 24.5 Å². The van der Waals surface area contributed by atoms with Crippen LogP contribution in [0.5, 0.6) is 5.75 Å². The van der Waals surface area contributed by atoms with Gasteiger partial charge in [0, 0.05) is 23.0 Å². The van der Waals surface area contributed by atoms with Crippen molar-refractivity contribution in [2.45, 2.75) is 12.5 Å². The van der Waals surface area contributed by atoms with Gasteiger partial charge in [-0.1, -0.05) is 57.9 Å². The van der Waals surface area contributed by atoms with Gasteiger partial charge in [0.15, 0.2) is 0 Å².